The second-order valence-electron chi connectivity index (χ2n) is 21.4. The molecule has 6 N–H and O–H groups in total. The summed E-state index contributed by atoms with van der Waals surface area (Å²) in [6.45, 7) is 5.77. The zero-order valence-corrected chi connectivity index (χ0v) is 47.3. The molecule has 11 heteroatoms. The number of amides is 1. The Morgan fingerprint density at radius 1 is 0.534 bits per heavy atom. The molecule has 1 fully saturated rings. The topological polar surface area (TPSA) is 175 Å². The lowest BCUT2D eigenvalue weighted by Gasteiger charge is -2.41. The van der Waals surface area contributed by atoms with E-state index < -0.39 is 67.4 Å². The molecule has 0 aromatic rings. The number of allylic oxidation sites excluding steroid dienone is 5. The summed E-state index contributed by atoms with van der Waals surface area (Å²) in [5.74, 6) is -1.19. The zero-order chi connectivity index (χ0) is 53.3. The summed E-state index contributed by atoms with van der Waals surface area (Å²) >= 11 is 0. The van der Waals surface area contributed by atoms with Crippen molar-refractivity contribution in [1.82, 2.24) is 5.32 Å². The normalized spacial score (nSPS) is 19.6. The predicted octanol–water partition coefficient (Wildman–Crippen LogP) is 14.3. The average molecular weight is 1030 g/mol. The van der Waals surface area contributed by atoms with Crippen LogP contribution in [-0.4, -0.2) is 99.6 Å². The van der Waals surface area contributed by atoms with Crippen molar-refractivity contribution in [3.63, 3.8) is 0 Å². The monoisotopic (exact) mass is 1030 g/mol. The van der Waals surface area contributed by atoms with Gasteiger partial charge in [0.25, 0.3) is 0 Å². The molecule has 73 heavy (non-hydrogen) atoms. The minimum atomic E-state index is -1.61. The largest absolute Gasteiger partial charge is 0.454 e. The fraction of sp³-hybridized carbons (Fsp3) is 0.871. The van der Waals surface area contributed by atoms with Crippen LogP contribution in [0.4, 0.5) is 0 Å². The van der Waals surface area contributed by atoms with Crippen molar-refractivity contribution in [2.75, 3.05) is 13.2 Å². The highest BCUT2D eigenvalue weighted by Gasteiger charge is 2.47. The second kappa shape index (κ2) is 50.7. The Labute approximate surface area is 447 Å². The molecule has 11 nitrogen and oxygen atoms in total. The van der Waals surface area contributed by atoms with Gasteiger partial charge in [-0.15, -0.1) is 0 Å². The number of unbranched alkanes of at least 4 members (excludes halogenated alkanes) is 34. The van der Waals surface area contributed by atoms with Crippen LogP contribution in [0, 0.1) is 0 Å². The summed E-state index contributed by atoms with van der Waals surface area (Å²) in [5, 5.41) is 56.9. The Kier molecular flexibility index (Phi) is 47.8. The van der Waals surface area contributed by atoms with Gasteiger partial charge >= 0.3 is 5.97 Å². The van der Waals surface area contributed by atoms with Crippen molar-refractivity contribution < 1.29 is 49.3 Å². The molecule has 0 bridgehead atoms. The average Bonchev–Trinajstić information content (AvgIpc) is 3.39. The zero-order valence-electron chi connectivity index (χ0n) is 47.3. The summed E-state index contributed by atoms with van der Waals surface area (Å²) in [7, 11) is 0. The Hall–Kier alpha value is -2.12. The molecule has 0 aromatic carbocycles. The first-order valence-corrected chi connectivity index (χ1v) is 30.8. The molecule has 0 aromatic heterocycles. The van der Waals surface area contributed by atoms with E-state index in [0.717, 1.165) is 70.6 Å². The van der Waals surface area contributed by atoms with Gasteiger partial charge in [-0.3, -0.25) is 9.59 Å². The van der Waals surface area contributed by atoms with Crippen molar-refractivity contribution in [2.24, 2.45) is 0 Å². The number of nitrogens with one attached hydrogen (secondary N) is 1. The van der Waals surface area contributed by atoms with Crippen molar-refractivity contribution >= 4 is 11.9 Å². The Morgan fingerprint density at radius 2 is 0.945 bits per heavy atom. The summed E-state index contributed by atoms with van der Waals surface area (Å²) in [6, 6.07) is -1.02. The van der Waals surface area contributed by atoms with Crippen LogP contribution in [0.5, 0.6) is 0 Å². The standard InChI is InChI=1S/C62H115NO10/c1-4-7-10-13-16-19-22-24-26-27-28-30-31-34-37-40-43-46-49-55(66)61(70)63-53(54(65)48-45-42-39-36-33-21-18-15-12-9-6-3)52-71-62-60(59(69)58(68)56(51-64)72-62)73-57(67)50-47-44-41-38-35-32-29-25-23-20-17-14-11-8-5-2/h16,19,24,26,45,48,53-56,58-60,62,64-66,68-69H,4-15,17-18,20-23,25,27-44,46-47,49-52H2,1-3H3,(H,63,70)/b19-16-,26-24-,48-45+. The molecule has 8 atom stereocenters. The van der Waals surface area contributed by atoms with E-state index in [4.69, 9.17) is 14.2 Å². The maximum Gasteiger partial charge on any atom is 0.306 e. The van der Waals surface area contributed by atoms with Crippen LogP contribution in [0.1, 0.15) is 284 Å². The van der Waals surface area contributed by atoms with E-state index in [9.17, 15) is 35.1 Å². The highest BCUT2D eigenvalue weighted by Crippen LogP contribution is 2.26. The van der Waals surface area contributed by atoms with E-state index in [1.165, 1.54) is 167 Å². The lowest BCUT2D eigenvalue weighted by molar-refractivity contribution is -0.305. The van der Waals surface area contributed by atoms with Crippen LogP contribution in [0.25, 0.3) is 0 Å². The van der Waals surface area contributed by atoms with E-state index >= 15 is 0 Å². The lowest BCUT2D eigenvalue weighted by atomic mass is 9.99. The number of carbonyl (C=O) groups excluding carboxylic acids is 2. The predicted molar refractivity (Wildman–Crippen MR) is 301 cm³/mol. The van der Waals surface area contributed by atoms with Crippen LogP contribution >= 0.6 is 0 Å². The highest BCUT2D eigenvalue weighted by molar-refractivity contribution is 5.80. The van der Waals surface area contributed by atoms with Gasteiger partial charge in [0.2, 0.25) is 5.91 Å². The van der Waals surface area contributed by atoms with Crippen molar-refractivity contribution in [2.45, 2.75) is 333 Å². The quantitative estimate of drug-likeness (QED) is 0.0195. The summed E-state index contributed by atoms with van der Waals surface area (Å²) in [6.07, 6.45) is 48.9. The molecular weight excluding hydrogens is 919 g/mol. The first-order chi connectivity index (χ1) is 35.7. The van der Waals surface area contributed by atoms with Crippen molar-refractivity contribution in [3.8, 4) is 0 Å². The smallest absolute Gasteiger partial charge is 0.306 e. The van der Waals surface area contributed by atoms with Gasteiger partial charge in [0.05, 0.1) is 25.4 Å². The SMILES string of the molecule is CCCCC/C=C\C/C=C\CCCCCCCCCCC(O)C(=O)NC(COC1OC(CO)C(O)C(O)C1OC(=O)CCCCCCCCCCCCCCCCC)C(O)/C=C/CCCCCCCCCCC. The van der Waals surface area contributed by atoms with Crippen LogP contribution in [0.15, 0.2) is 36.5 Å². The maximum absolute atomic E-state index is 13.4. The first-order valence-electron chi connectivity index (χ1n) is 30.8. The molecule has 1 aliphatic heterocycles. The molecule has 8 unspecified atom stereocenters. The van der Waals surface area contributed by atoms with E-state index in [1.54, 1.807) is 6.08 Å². The van der Waals surface area contributed by atoms with Gasteiger partial charge in [0.15, 0.2) is 12.4 Å². The Morgan fingerprint density at radius 3 is 1.42 bits per heavy atom. The van der Waals surface area contributed by atoms with Gasteiger partial charge in [0.1, 0.15) is 24.4 Å². The molecule has 0 saturated carbocycles. The van der Waals surface area contributed by atoms with Gasteiger partial charge in [-0.1, -0.05) is 256 Å². The number of ether oxygens (including phenoxy) is 3. The number of carbonyl (C=O) groups is 2. The summed E-state index contributed by atoms with van der Waals surface area (Å²) in [4.78, 5) is 26.5. The summed E-state index contributed by atoms with van der Waals surface area (Å²) < 4.78 is 17.6. The number of hydrogen-bond donors (Lipinski definition) is 6. The molecule has 1 aliphatic rings. The third-order valence-corrected chi connectivity index (χ3v) is 14.5. The maximum atomic E-state index is 13.4. The first kappa shape index (κ1) is 68.9. The van der Waals surface area contributed by atoms with E-state index in [1.807, 2.05) is 6.08 Å². The number of aliphatic hydroxyl groups is 5. The second-order valence-corrected chi connectivity index (χ2v) is 21.4. The molecular formula is C62H115NO10. The van der Waals surface area contributed by atoms with Crippen molar-refractivity contribution in [1.29, 1.82) is 0 Å². The lowest BCUT2D eigenvalue weighted by Crippen LogP contribution is -2.61. The molecule has 1 rings (SSSR count). The molecule has 0 radical (unpaired) electrons. The fourth-order valence-corrected chi connectivity index (χ4v) is 9.62. The minimum Gasteiger partial charge on any atom is -0.454 e. The van der Waals surface area contributed by atoms with Crippen LogP contribution in [-0.2, 0) is 23.8 Å². The van der Waals surface area contributed by atoms with Crippen LogP contribution < -0.4 is 5.32 Å². The van der Waals surface area contributed by atoms with Crippen molar-refractivity contribution in [3.05, 3.63) is 36.5 Å². The Balaban J connectivity index is 2.67. The third kappa shape index (κ3) is 39.0. The number of aliphatic hydroxyl groups excluding tert-OH is 5. The number of esters is 1. The number of rotatable bonds is 52. The van der Waals surface area contributed by atoms with Gasteiger partial charge in [-0.2, -0.15) is 0 Å². The Bertz CT molecular complexity index is 1330. The van der Waals surface area contributed by atoms with Gasteiger partial charge < -0.3 is 45.1 Å². The molecule has 0 spiro atoms. The van der Waals surface area contributed by atoms with Gasteiger partial charge in [-0.25, -0.2) is 0 Å². The molecule has 1 amide bonds. The minimum absolute atomic E-state index is 0.128. The fourth-order valence-electron chi connectivity index (χ4n) is 9.62. The van der Waals surface area contributed by atoms with E-state index in [-0.39, 0.29) is 19.4 Å². The summed E-state index contributed by atoms with van der Waals surface area (Å²) in [5.41, 5.74) is 0. The molecule has 428 valence electrons. The van der Waals surface area contributed by atoms with Gasteiger partial charge in [0, 0.05) is 6.42 Å². The third-order valence-electron chi connectivity index (χ3n) is 14.5. The molecule has 0 aliphatic carbocycles. The molecule has 1 saturated heterocycles. The molecule has 1 heterocycles. The van der Waals surface area contributed by atoms with Crippen LogP contribution in [0.3, 0.4) is 0 Å². The van der Waals surface area contributed by atoms with E-state index in [0.29, 0.717) is 12.8 Å². The van der Waals surface area contributed by atoms with Gasteiger partial charge in [-0.05, 0) is 57.8 Å². The highest BCUT2D eigenvalue weighted by atomic mass is 16.7. The van der Waals surface area contributed by atoms with E-state index in [2.05, 4.69) is 50.4 Å². The van der Waals surface area contributed by atoms with Crippen LogP contribution in [0.2, 0.25) is 0 Å². The number of hydrogen-bond acceptors (Lipinski definition) is 10.